The number of imidazole rings is 1. The molecule has 3 aromatic heterocycles. The van der Waals surface area contributed by atoms with Crippen molar-refractivity contribution in [2.45, 2.75) is 70.0 Å². The first kappa shape index (κ1) is 28.2. The molecule has 0 saturated carbocycles. The van der Waals surface area contributed by atoms with E-state index < -0.39 is 40.6 Å². The highest BCUT2D eigenvalue weighted by atomic mass is 31.2. The number of nitrogens with one attached hydrogen (secondary N) is 1. The summed E-state index contributed by atoms with van der Waals surface area (Å²) in [6, 6.07) is 13.2. The molecule has 0 bridgehead atoms. The summed E-state index contributed by atoms with van der Waals surface area (Å²) in [5, 5.41) is 2.88. The summed E-state index contributed by atoms with van der Waals surface area (Å²) >= 11 is 0. The van der Waals surface area contributed by atoms with Crippen LogP contribution in [-0.4, -0.2) is 52.8 Å². The van der Waals surface area contributed by atoms with Crippen molar-refractivity contribution < 1.29 is 27.2 Å². The lowest BCUT2D eigenvalue weighted by Gasteiger charge is -2.41. The molecule has 0 spiro atoms. The Morgan fingerprint density at radius 3 is 2.66 bits per heavy atom. The second-order valence-electron chi connectivity index (χ2n) is 11.8. The Morgan fingerprint density at radius 1 is 1.17 bits per heavy atom. The van der Waals surface area contributed by atoms with Gasteiger partial charge in [-0.1, -0.05) is 51.1 Å². The van der Waals surface area contributed by atoms with Crippen LogP contribution < -0.4 is 10.8 Å². The molecule has 5 atom stereocenters. The van der Waals surface area contributed by atoms with Crippen LogP contribution in [0.25, 0.3) is 22.7 Å². The van der Waals surface area contributed by atoms with Gasteiger partial charge in [0.05, 0.1) is 12.9 Å². The van der Waals surface area contributed by atoms with Gasteiger partial charge in [-0.2, -0.15) is 0 Å². The molecular formula is C27H35N6O6PSi. The van der Waals surface area contributed by atoms with Crippen molar-refractivity contribution in [3.05, 3.63) is 60.6 Å². The number of hydrogen-bond acceptors (Lipinski definition) is 10. The molecule has 2 fully saturated rings. The zero-order valence-electron chi connectivity index (χ0n) is 23.7. The summed E-state index contributed by atoms with van der Waals surface area (Å²) in [6.45, 7) is 11.2. The number of rotatable bonds is 7. The molecule has 3 N–H and O–H groups in total. The number of benzene rings is 1. The minimum Gasteiger partial charge on any atom is -0.461 e. The standard InChI is InChI=1S/C27H35N6O6PSi/c1-27(2,3)41(4,5)39-22-21-19(15-36-40(34,38-21)31-14-17-10-7-6-8-11-17)37-26(22)33-24(18-12-9-13-35-18)32-20-23(28)29-16-30-25(20)33/h6-13,16,19,21-22,26H,14-15H2,1-5H3,(H,31,34)(H2,28,29,30)/t19-,21-,22-,26-,40+/m1/s1. The lowest BCUT2D eigenvalue weighted by Crippen LogP contribution is -2.50. The summed E-state index contributed by atoms with van der Waals surface area (Å²) in [4.78, 5) is 13.4. The number of nitrogens with two attached hydrogens (primary N) is 1. The molecule has 2 aliphatic rings. The first-order valence-corrected chi connectivity index (χ1v) is 18.0. The Labute approximate surface area is 239 Å². The lowest BCUT2D eigenvalue weighted by atomic mass is 10.1. The van der Waals surface area contributed by atoms with Crippen LogP contribution in [0.4, 0.5) is 5.82 Å². The molecule has 1 aromatic carbocycles. The van der Waals surface area contributed by atoms with Gasteiger partial charge in [-0.15, -0.1) is 0 Å². The number of nitrogens with zero attached hydrogens (tertiary/aromatic N) is 4. The topological polar surface area (TPSA) is 149 Å². The Morgan fingerprint density at radius 2 is 1.95 bits per heavy atom. The molecular weight excluding hydrogens is 563 g/mol. The lowest BCUT2D eigenvalue weighted by molar-refractivity contribution is -0.0589. The predicted octanol–water partition coefficient (Wildman–Crippen LogP) is 5.27. The van der Waals surface area contributed by atoms with Crippen LogP contribution in [0, 0.1) is 0 Å². The molecule has 0 radical (unpaired) electrons. The van der Waals surface area contributed by atoms with Gasteiger partial charge in [-0.25, -0.2) is 24.6 Å². The number of ether oxygens (including phenoxy) is 1. The first-order valence-electron chi connectivity index (χ1n) is 13.5. The van der Waals surface area contributed by atoms with Gasteiger partial charge >= 0.3 is 7.75 Å². The van der Waals surface area contributed by atoms with Gasteiger partial charge in [0.2, 0.25) is 0 Å². The van der Waals surface area contributed by atoms with Crippen molar-refractivity contribution in [3.63, 3.8) is 0 Å². The van der Waals surface area contributed by atoms with Crippen molar-refractivity contribution in [1.29, 1.82) is 0 Å². The van der Waals surface area contributed by atoms with E-state index in [9.17, 15) is 4.57 Å². The minimum absolute atomic E-state index is 0.0530. The van der Waals surface area contributed by atoms with E-state index in [1.165, 1.54) is 6.33 Å². The number of fused-ring (bicyclic) bond motifs is 2. The van der Waals surface area contributed by atoms with Crippen LogP contribution in [0.15, 0.2) is 59.5 Å². The van der Waals surface area contributed by atoms with E-state index >= 15 is 0 Å². The molecule has 0 amide bonds. The van der Waals surface area contributed by atoms with Gasteiger partial charge < -0.3 is 19.3 Å². The summed E-state index contributed by atoms with van der Waals surface area (Å²) in [5.74, 6) is 1.18. The number of nitrogen functional groups attached to an aromatic ring is 1. The van der Waals surface area contributed by atoms with Gasteiger partial charge in [0.15, 0.2) is 43.1 Å². The van der Waals surface area contributed by atoms with Gasteiger partial charge in [-0.3, -0.25) is 13.6 Å². The van der Waals surface area contributed by atoms with Crippen LogP contribution in [0.3, 0.4) is 0 Å². The van der Waals surface area contributed by atoms with Gasteiger partial charge in [0.1, 0.15) is 24.6 Å². The number of anilines is 1. The fraction of sp³-hybridized carbons (Fsp3) is 0.444. The zero-order valence-corrected chi connectivity index (χ0v) is 25.6. The molecule has 2 aliphatic heterocycles. The highest BCUT2D eigenvalue weighted by Crippen LogP contribution is 2.55. The maximum absolute atomic E-state index is 13.8. The third-order valence-corrected chi connectivity index (χ3v) is 14.0. The Kier molecular flexibility index (Phi) is 7.18. The fourth-order valence-corrected chi connectivity index (χ4v) is 7.60. The SMILES string of the molecule is CC(C)(C)[Si](C)(C)O[C@@H]1[C@@H]2O[P@](=O)(NCc3ccccc3)OC[C@H]2O[C@H]1n1c(-c2ccco2)nc2c(N)ncnc21. The highest BCUT2D eigenvalue weighted by Gasteiger charge is 2.57. The summed E-state index contributed by atoms with van der Waals surface area (Å²) in [5.41, 5.74) is 8.03. The Bertz CT molecular complexity index is 1570. The molecule has 0 aliphatic carbocycles. The van der Waals surface area contributed by atoms with Gasteiger partial charge in [0.25, 0.3) is 0 Å². The highest BCUT2D eigenvalue weighted by molar-refractivity contribution is 7.51. The average molecular weight is 599 g/mol. The van der Waals surface area contributed by atoms with Crippen LogP contribution in [0.1, 0.15) is 32.6 Å². The fourth-order valence-electron chi connectivity index (χ4n) is 4.80. The van der Waals surface area contributed by atoms with Crippen LogP contribution >= 0.6 is 7.75 Å². The maximum atomic E-state index is 13.8. The maximum Gasteiger partial charge on any atom is 0.406 e. The molecule has 41 heavy (non-hydrogen) atoms. The number of aromatic nitrogens is 4. The van der Waals surface area contributed by atoms with Crippen molar-refractivity contribution in [1.82, 2.24) is 24.6 Å². The monoisotopic (exact) mass is 598 g/mol. The summed E-state index contributed by atoms with van der Waals surface area (Å²) < 4.78 is 47.0. The molecule has 4 aromatic rings. The Balaban J connectivity index is 1.41. The van der Waals surface area contributed by atoms with Crippen molar-refractivity contribution in [2.24, 2.45) is 0 Å². The van der Waals surface area contributed by atoms with Crippen LogP contribution in [-0.2, 0) is 29.3 Å². The summed E-state index contributed by atoms with van der Waals surface area (Å²) in [7, 11) is -6.10. The average Bonchev–Trinajstić information content (AvgIpc) is 3.66. The molecule has 12 nitrogen and oxygen atoms in total. The van der Waals surface area contributed by atoms with E-state index in [-0.39, 0.29) is 17.5 Å². The van der Waals surface area contributed by atoms with Gasteiger partial charge in [0, 0.05) is 6.54 Å². The van der Waals surface area contributed by atoms with Crippen molar-refractivity contribution in [3.8, 4) is 11.6 Å². The predicted molar refractivity (Wildman–Crippen MR) is 155 cm³/mol. The van der Waals surface area contributed by atoms with Crippen molar-refractivity contribution >= 4 is 33.0 Å². The normalized spacial score (nSPS) is 26.9. The second-order valence-corrected chi connectivity index (χ2v) is 18.3. The first-order chi connectivity index (χ1) is 19.5. The Hall–Kier alpha value is -2.90. The van der Waals surface area contributed by atoms with E-state index in [0.29, 0.717) is 29.3 Å². The van der Waals surface area contributed by atoms with Crippen molar-refractivity contribution in [2.75, 3.05) is 12.3 Å². The smallest absolute Gasteiger partial charge is 0.406 e. The van der Waals surface area contributed by atoms with Gasteiger partial charge in [-0.05, 0) is 35.8 Å². The molecule has 6 rings (SSSR count). The molecule has 2 saturated heterocycles. The van der Waals surface area contributed by atoms with E-state index in [2.05, 4.69) is 48.9 Å². The van der Waals surface area contributed by atoms with E-state index in [1.807, 2.05) is 34.9 Å². The van der Waals surface area contributed by atoms with E-state index in [0.717, 1.165) is 5.56 Å². The molecule has 14 heteroatoms. The zero-order chi connectivity index (χ0) is 29.0. The van der Waals surface area contributed by atoms with Crippen LogP contribution in [0.2, 0.25) is 18.1 Å². The largest absolute Gasteiger partial charge is 0.461 e. The third-order valence-electron chi connectivity index (χ3n) is 8.01. The molecule has 0 unspecified atom stereocenters. The number of furan rings is 1. The minimum atomic E-state index is -3.70. The van der Waals surface area contributed by atoms with E-state index in [1.54, 1.807) is 18.4 Å². The quantitative estimate of drug-likeness (QED) is 0.212. The molecule has 218 valence electrons. The third kappa shape index (κ3) is 5.27. The van der Waals surface area contributed by atoms with Crippen LogP contribution in [0.5, 0.6) is 0 Å². The van der Waals surface area contributed by atoms with E-state index in [4.69, 9.17) is 33.3 Å². The number of hydrogen-bond donors (Lipinski definition) is 2. The second kappa shape index (κ2) is 10.4. The molecule has 5 heterocycles. The summed E-state index contributed by atoms with van der Waals surface area (Å²) in [6.07, 6.45) is 0.268.